The second-order valence-electron chi connectivity index (χ2n) is 3.45. The molecule has 0 saturated heterocycles. The average molecular weight is 253 g/mol. The molecule has 0 aliphatic carbocycles. The summed E-state index contributed by atoms with van der Waals surface area (Å²) in [4.78, 5) is 22.7. The van der Waals surface area contributed by atoms with Gasteiger partial charge in [-0.05, 0) is 18.6 Å². The summed E-state index contributed by atoms with van der Waals surface area (Å²) in [5, 5.41) is 11.1. The van der Waals surface area contributed by atoms with Crippen molar-refractivity contribution in [1.82, 2.24) is 5.32 Å². The highest BCUT2D eigenvalue weighted by Crippen LogP contribution is 2.15. The van der Waals surface area contributed by atoms with Crippen molar-refractivity contribution in [3.8, 4) is 0 Å². The third-order valence-corrected chi connectivity index (χ3v) is 3.01. The lowest BCUT2D eigenvalue weighted by Gasteiger charge is -2.03. The molecule has 0 aromatic heterocycles. The van der Waals surface area contributed by atoms with Gasteiger partial charge in [-0.1, -0.05) is 18.2 Å². The van der Waals surface area contributed by atoms with Crippen LogP contribution in [0.4, 0.5) is 0 Å². The van der Waals surface area contributed by atoms with Gasteiger partial charge < -0.3 is 10.4 Å². The maximum absolute atomic E-state index is 11.4. The molecule has 0 fully saturated rings. The van der Waals surface area contributed by atoms with E-state index in [1.807, 2.05) is 30.3 Å². The van der Waals surface area contributed by atoms with E-state index in [0.717, 1.165) is 4.90 Å². The minimum atomic E-state index is -0.835. The number of benzene rings is 1. The highest BCUT2D eigenvalue weighted by Gasteiger charge is 2.02. The predicted molar refractivity (Wildman–Crippen MR) is 67.0 cm³/mol. The molecule has 1 aromatic carbocycles. The smallest absolute Gasteiger partial charge is 0.303 e. The van der Waals surface area contributed by atoms with Crippen LogP contribution in [0.1, 0.15) is 12.8 Å². The largest absolute Gasteiger partial charge is 0.481 e. The molecule has 1 amide bonds. The number of hydrogen-bond donors (Lipinski definition) is 2. The van der Waals surface area contributed by atoms with Gasteiger partial charge in [0.05, 0.1) is 5.75 Å². The van der Waals surface area contributed by atoms with Gasteiger partial charge in [-0.3, -0.25) is 9.59 Å². The number of aliphatic carboxylic acids is 1. The lowest BCUT2D eigenvalue weighted by Crippen LogP contribution is -2.26. The summed E-state index contributed by atoms with van der Waals surface area (Å²) in [6, 6.07) is 9.67. The van der Waals surface area contributed by atoms with Crippen LogP contribution in [0.3, 0.4) is 0 Å². The highest BCUT2D eigenvalue weighted by molar-refractivity contribution is 8.00. The molecule has 1 rings (SSSR count). The van der Waals surface area contributed by atoms with E-state index in [2.05, 4.69) is 5.32 Å². The molecule has 5 heteroatoms. The van der Waals surface area contributed by atoms with Crippen molar-refractivity contribution in [3.05, 3.63) is 30.3 Å². The van der Waals surface area contributed by atoms with Crippen molar-refractivity contribution in [2.75, 3.05) is 12.3 Å². The summed E-state index contributed by atoms with van der Waals surface area (Å²) in [5.41, 5.74) is 0. The average Bonchev–Trinajstić information content (AvgIpc) is 2.33. The van der Waals surface area contributed by atoms with E-state index in [-0.39, 0.29) is 12.3 Å². The number of carboxylic acid groups (broad SMARTS) is 1. The van der Waals surface area contributed by atoms with Crippen LogP contribution in [0.2, 0.25) is 0 Å². The first-order valence-electron chi connectivity index (χ1n) is 5.35. The first kappa shape index (κ1) is 13.6. The number of nitrogens with one attached hydrogen (secondary N) is 1. The van der Waals surface area contributed by atoms with Gasteiger partial charge in [-0.15, -0.1) is 11.8 Å². The molecule has 2 N–H and O–H groups in total. The minimum Gasteiger partial charge on any atom is -0.481 e. The van der Waals surface area contributed by atoms with Crippen LogP contribution in [0, 0.1) is 0 Å². The molecule has 4 nitrogen and oxygen atoms in total. The van der Waals surface area contributed by atoms with Crippen molar-refractivity contribution in [3.63, 3.8) is 0 Å². The Morgan fingerprint density at radius 3 is 2.59 bits per heavy atom. The predicted octanol–water partition coefficient (Wildman–Crippen LogP) is 1.76. The van der Waals surface area contributed by atoms with E-state index in [1.165, 1.54) is 11.8 Å². The molecule has 0 bridgehead atoms. The Morgan fingerprint density at radius 1 is 1.24 bits per heavy atom. The van der Waals surface area contributed by atoms with Gasteiger partial charge >= 0.3 is 5.97 Å². The maximum atomic E-state index is 11.4. The molecule has 0 atom stereocenters. The molecule has 0 spiro atoms. The van der Waals surface area contributed by atoms with Gasteiger partial charge in [0, 0.05) is 17.9 Å². The van der Waals surface area contributed by atoms with Crippen LogP contribution in [0.5, 0.6) is 0 Å². The fourth-order valence-corrected chi connectivity index (χ4v) is 1.93. The van der Waals surface area contributed by atoms with Gasteiger partial charge in [0.15, 0.2) is 0 Å². The van der Waals surface area contributed by atoms with Crippen molar-refractivity contribution in [2.45, 2.75) is 17.7 Å². The topological polar surface area (TPSA) is 66.4 Å². The third-order valence-electron chi connectivity index (χ3n) is 2.00. The molecule has 0 unspecified atom stereocenters. The Bertz CT molecular complexity index is 367. The molecule has 0 radical (unpaired) electrons. The molecular weight excluding hydrogens is 238 g/mol. The van der Waals surface area contributed by atoms with Crippen LogP contribution >= 0.6 is 11.8 Å². The molecule has 0 heterocycles. The highest BCUT2D eigenvalue weighted by atomic mass is 32.2. The Hall–Kier alpha value is -1.49. The summed E-state index contributed by atoms with van der Waals surface area (Å²) < 4.78 is 0. The van der Waals surface area contributed by atoms with Gasteiger partial charge in [0.2, 0.25) is 5.91 Å². The Morgan fingerprint density at radius 2 is 1.94 bits per heavy atom. The first-order chi connectivity index (χ1) is 8.18. The second-order valence-corrected chi connectivity index (χ2v) is 4.50. The Labute approximate surface area is 104 Å². The first-order valence-corrected chi connectivity index (χ1v) is 6.33. The monoisotopic (exact) mass is 253 g/mol. The SMILES string of the molecule is O=C(O)CCCNC(=O)CSc1ccccc1. The maximum Gasteiger partial charge on any atom is 0.303 e. The van der Waals surface area contributed by atoms with E-state index in [9.17, 15) is 9.59 Å². The van der Waals surface area contributed by atoms with E-state index in [4.69, 9.17) is 5.11 Å². The lowest BCUT2D eigenvalue weighted by atomic mass is 10.3. The van der Waals surface area contributed by atoms with Crippen molar-refractivity contribution >= 4 is 23.6 Å². The molecule has 0 aliphatic heterocycles. The van der Waals surface area contributed by atoms with E-state index in [1.54, 1.807) is 0 Å². The molecule has 17 heavy (non-hydrogen) atoms. The van der Waals surface area contributed by atoms with E-state index in [0.29, 0.717) is 18.7 Å². The van der Waals surface area contributed by atoms with Crippen LogP contribution < -0.4 is 5.32 Å². The molecule has 0 aliphatic rings. The summed E-state index contributed by atoms with van der Waals surface area (Å²) >= 11 is 1.46. The number of rotatable bonds is 7. The minimum absolute atomic E-state index is 0.0655. The summed E-state index contributed by atoms with van der Waals surface area (Å²) in [5.74, 6) is -0.543. The summed E-state index contributed by atoms with van der Waals surface area (Å²) in [7, 11) is 0. The van der Waals surface area contributed by atoms with Gasteiger partial charge in [-0.2, -0.15) is 0 Å². The number of thioether (sulfide) groups is 1. The molecule has 92 valence electrons. The number of amides is 1. The van der Waals surface area contributed by atoms with E-state index >= 15 is 0 Å². The summed E-state index contributed by atoms with van der Waals surface area (Å²) in [6.07, 6.45) is 0.559. The molecule has 0 saturated carbocycles. The van der Waals surface area contributed by atoms with E-state index < -0.39 is 5.97 Å². The van der Waals surface area contributed by atoms with Gasteiger partial charge in [0.1, 0.15) is 0 Å². The normalized spacial score (nSPS) is 9.88. The van der Waals surface area contributed by atoms with Crippen LogP contribution in [0.15, 0.2) is 35.2 Å². The van der Waals surface area contributed by atoms with Crippen molar-refractivity contribution in [1.29, 1.82) is 0 Å². The quantitative estimate of drug-likeness (QED) is 0.574. The van der Waals surface area contributed by atoms with Crippen LogP contribution in [-0.4, -0.2) is 29.3 Å². The fourth-order valence-electron chi connectivity index (χ4n) is 1.18. The fraction of sp³-hybridized carbons (Fsp3) is 0.333. The summed E-state index contributed by atoms with van der Waals surface area (Å²) in [6.45, 7) is 0.417. The molecule has 1 aromatic rings. The van der Waals surface area contributed by atoms with Gasteiger partial charge in [-0.25, -0.2) is 0 Å². The number of carbonyl (C=O) groups is 2. The Balaban J connectivity index is 2.11. The second kappa shape index (κ2) is 7.73. The number of carboxylic acids is 1. The zero-order valence-electron chi connectivity index (χ0n) is 9.39. The standard InChI is InChI=1S/C12H15NO3S/c14-11(13-8-4-7-12(15)16)9-17-10-5-2-1-3-6-10/h1-3,5-6H,4,7-9H2,(H,13,14)(H,15,16). The van der Waals surface area contributed by atoms with Crippen molar-refractivity contribution in [2.24, 2.45) is 0 Å². The zero-order chi connectivity index (χ0) is 12.5. The van der Waals surface area contributed by atoms with Crippen molar-refractivity contribution < 1.29 is 14.7 Å². The van der Waals surface area contributed by atoms with Crippen LogP contribution in [-0.2, 0) is 9.59 Å². The Kier molecular flexibility index (Phi) is 6.17. The lowest BCUT2D eigenvalue weighted by molar-refractivity contribution is -0.137. The third kappa shape index (κ3) is 6.63. The van der Waals surface area contributed by atoms with Gasteiger partial charge in [0.25, 0.3) is 0 Å². The molecular formula is C12H15NO3S. The zero-order valence-corrected chi connectivity index (χ0v) is 10.2. The van der Waals surface area contributed by atoms with Crippen LogP contribution in [0.25, 0.3) is 0 Å². The number of hydrogen-bond acceptors (Lipinski definition) is 3. The number of carbonyl (C=O) groups excluding carboxylic acids is 1.